The van der Waals surface area contributed by atoms with E-state index in [2.05, 4.69) is 509 Å². The SMILES string of the molecule is Cc1c2ccccc2c(C)c2cc3cc4ccccc4cc3cc12.Cc1cc2ccc3cc(C)cc4ccc(c1)c2c34.Cc1ccc2c3ccc(C)c4cccc(c5cccc1c52)c43.Cc1ccc2c3cccc4c(C)ccc(c5cccc1c52)c43.Cc1ccc2cc3cc4cc5cc(C)ccc5cc4cc3cc2c1.Cc1ccc2ccc3c(C)ccc4ccc1c2c43.Cc1ccc2ccc3c(C)ccc4ccc1c2c43. The van der Waals surface area contributed by atoms with Gasteiger partial charge in [0.25, 0.3) is 0 Å². The molecule has 32 aromatic rings. The molecule has 32 rings (SSSR count). The van der Waals surface area contributed by atoms with Gasteiger partial charge < -0.3 is 0 Å². The maximum absolute atomic E-state index is 2.37. The van der Waals surface area contributed by atoms with Gasteiger partial charge in [-0.2, -0.15) is 0 Å². The molecular formula is C146H110. The smallest absolute Gasteiger partial charge is 0.00237 e. The largest absolute Gasteiger partial charge is 0.0616 e. The maximum atomic E-state index is 2.37. The van der Waals surface area contributed by atoms with Crippen LogP contribution in [0.15, 0.2) is 413 Å². The van der Waals surface area contributed by atoms with Crippen LogP contribution in [0.5, 0.6) is 0 Å². The van der Waals surface area contributed by atoms with Crippen LogP contribution in [0.3, 0.4) is 0 Å². The first-order chi connectivity index (χ1) is 71.1. The molecule has 0 saturated heterocycles. The number of hydrogen-bond donors (Lipinski definition) is 0. The van der Waals surface area contributed by atoms with Crippen molar-refractivity contribution in [1.82, 2.24) is 0 Å². The van der Waals surface area contributed by atoms with Crippen molar-refractivity contribution >= 4 is 269 Å². The lowest BCUT2D eigenvalue weighted by Gasteiger charge is -2.16. The fraction of sp³-hybridized carbons (Fsp3) is 0.0959. The minimum absolute atomic E-state index is 1.31. The molecule has 0 amide bonds. The van der Waals surface area contributed by atoms with E-state index in [1.807, 2.05) is 0 Å². The van der Waals surface area contributed by atoms with Gasteiger partial charge in [0.1, 0.15) is 0 Å². The molecule has 0 aromatic heterocycles. The Labute approximate surface area is 850 Å². The molecule has 0 heterocycles. The van der Waals surface area contributed by atoms with Crippen molar-refractivity contribution in [2.75, 3.05) is 0 Å². The Kier molecular flexibility index (Phi) is 21.3. The molecule has 0 aliphatic carbocycles. The summed E-state index contributed by atoms with van der Waals surface area (Å²) in [6.07, 6.45) is 0. The summed E-state index contributed by atoms with van der Waals surface area (Å²) < 4.78 is 0. The molecule has 0 fully saturated rings. The molecule has 0 aliphatic heterocycles. The highest BCUT2D eigenvalue weighted by Crippen LogP contribution is 2.48. The molecule has 0 radical (unpaired) electrons. The highest BCUT2D eigenvalue weighted by Gasteiger charge is 2.21. The minimum Gasteiger partial charge on any atom is -0.0616 e. The Morgan fingerprint density at radius 2 is 0.267 bits per heavy atom. The number of benzene rings is 32. The average Bonchev–Trinajstić information content (AvgIpc) is 0.753. The first-order valence-electron chi connectivity index (χ1n) is 51.7. The Bertz CT molecular complexity index is 9940. The molecule has 0 N–H and O–H groups in total. The zero-order valence-electron chi connectivity index (χ0n) is 85.3. The van der Waals surface area contributed by atoms with Crippen molar-refractivity contribution < 1.29 is 0 Å². The van der Waals surface area contributed by atoms with Crippen molar-refractivity contribution in [2.45, 2.75) is 96.9 Å². The predicted molar refractivity (Wildman–Crippen MR) is 645 cm³/mol. The van der Waals surface area contributed by atoms with Crippen LogP contribution >= 0.6 is 0 Å². The summed E-state index contributed by atoms with van der Waals surface area (Å²) in [5.74, 6) is 0. The van der Waals surface area contributed by atoms with Crippen molar-refractivity contribution in [1.29, 1.82) is 0 Å². The van der Waals surface area contributed by atoms with E-state index in [0.29, 0.717) is 0 Å². The molecule has 32 aromatic carbocycles. The molecular weight excluding hydrogens is 1750 g/mol. The van der Waals surface area contributed by atoms with E-state index in [-0.39, 0.29) is 0 Å². The summed E-state index contributed by atoms with van der Waals surface area (Å²) in [5.41, 5.74) is 18.9. The summed E-state index contributed by atoms with van der Waals surface area (Å²) in [5, 5.41) is 68.2. The van der Waals surface area contributed by atoms with Gasteiger partial charge in [0.05, 0.1) is 0 Å². The Balaban J connectivity index is 0.0000000868. The lowest BCUT2D eigenvalue weighted by Crippen LogP contribution is -1.89. The van der Waals surface area contributed by atoms with Gasteiger partial charge in [0.15, 0.2) is 0 Å². The van der Waals surface area contributed by atoms with E-state index < -0.39 is 0 Å². The van der Waals surface area contributed by atoms with Crippen LogP contribution in [0.1, 0.15) is 77.9 Å². The third-order valence-corrected chi connectivity index (χ3v) is 32.6. The molecule has 0 heteroatoms. The average molecular weight is 1860 g/mol. The quantitative estimate of drug-likeness (QED) is 0.105. The van der Waals surface area contributed by atoms with Crippen LogP contribution in [-0.2, 0) is 0 Å². The van der Waals surface area contributed by atoms with Gasteiger partial charge >= 0.3 is 0 Å². The molecule has 0 atom stereocenters. The number of rotatable bonds is 0. The van der Waals surface area contributed by atoms with Crippen LogP contribution in [0.4, 0.5) is 0 Å². The van der Waals surface area contributed by atoms with E-state index in [1.54, 1.807) is 0 Å². The summed E-state index contributed by atoms with van der Waals surface area (Å²) in [6, 6.07) is 153. The van der Waals surface area contributed by atoms with Gasteiger partial charge in [-0.25, -0.2) is 0 Å². The van der Waals surface area contributed by atoms with E-state index in [0.717, 1.165) is 0 Å². The lowest BCUT2D eigenvalue weighted by molar-refractivity contribution is 1.51. The summed E-state index contributed by atoms with van der Waals surface area (Å²) in [7, 11) is 0. The Hall–Kier alpha value is -17.2. The topological polar surface area (TPSA) is 0 Å². The van der Waals surface area contributed by atoms with Crippen molar-refractivity contribution in [3.8, 4) is 0 Å². The van der Waals surface area contributed by atoms with Crippen molar-refractivity contribution in [2.24, 2.45) is 0 Å². The molecule has 0 unspecified atom stereocenters. The Morgan fingerprint density at radius 3 is 0.548 bits per heavy atom. The molecule has 146 heavy (non-hydrogen) atoms. The van der Waals surface area contributed by atoms with Gasteiger partial charge in [-0.15, -0.1) is 0 Å². The fourth-order valence-electron chi connectivity index (χ4n) is 25.1. The van der Waals surface area contributed by atoms with Crippen LogP contribution in [-0.4, -0.2) is 0 Å². The van der Waals surface area contributed by atoms with Crippen molar-refractivity contribution in [3.63, 3.8) is 0 Å². The van der Waals surface area contributed by atoms with Gasteiger partial charge in [-0.3, -0.25) is 0 Å². The van der Waals surface area contributed by atoms with E-state index in [9.17, 15) is 0 Å². The fourth-order valence-corrected chi connectivity index (χ4v) is 25.1. The third kappa shape index (κ3) is 14.8. The highest BCUT2D eigenvalue weighted by atomic mass is 14.2. The standard InChI is InChI=1S/2C24H18.2C22H16.3C18H14/c1-15-3-5-17-9-21-14-24-12-20-8-16(2)4-6-18(20)10-22(24)13-23(21)11-19(17)7-15;1-15-21-9-5-6-10-22(21)16(2)24-14-20-12-18-8-4-3-7-17(18)11-19(20)13-23(15)24;1-13-9-11-19-18-8-4-6-16-14(2)10-12-20(22(16)18)17-7-3-5-15(13)21(17)19;1-13-9-11-19-20-12-10-14(2)16-6-4-8-18(22(16)20)17-7-3-5-15(13)21(17)19;1-11-7-13-3-5-15-9-12(2)10-16-6-4-14(8-11)17(13)18(15)16;2*1-11-3-5-13-8-10-16-12(2)4-6-14-7-9-15(11)17(13)18(14)16/h2*3-14H,1-2H3;2*3-12H,1-2H3;3*3-10H,1-2H3. The molecule has 0 bridgehead atoms. The van der Waals surface area contributed by atoms with Crippen LogP contribution < -0.4 is 0 Å². The molecule has 0 aliphatic rings. The molecule has 694 valence electrons. The summed E-state index contributed by atoms with van der Waals surface area (Å²) in [6.45, 7) is 30.7. The maximum Gasteiger partial charge on any atom is -0.00237 e. The zero-order chi connectivity index (χ0) is 99.0. The van der Waals surface area contributed by atoms with E-state index in [4.69, 9.17) is 0 Å². The van der Waals surface area contributed by atoms with Crippen LogP contribution in [0.2, 0.25) is 0 Å². The normalized spacial score (nSPS) is 11.9. The predicted octanol–water partition coefficient (Wildman–Crippen LogP) is 42.1. The van der Waals surface area contributed by atoms with Gasteiger partial charge in [0.2, 0.25) is 0 Å². The monoisotopic (exact) mass is 1860 g/mol. The van der Waals surface area contributed by atoms with E-state index in [1.165, 1.54) is 347 Å². The number of aryl methyl sites for hydroxylation is 14. The molecule has 0 saturated carbocycles. The molecule has 0 spiro atoms. The highest BCUT2D eigenvalue weighted by molar-refractivity contribution is 6.36. The van der Waals surface area contributed by atoms with Gasteiger partial charge in [0, 0.05) is 0 Å². The van der Waals surface area contributed by atoms with Crippen molar-refractivity contribution in [3.05, 3.63) is 490 Å². The Morgan fingerprint density at radius 1 is 0.0890 bits per heavy atom. The summed E-state index contributed by atoms with van der Waals surface area (Å²) >= 11 is 0. The molecule has 0 nitrogen and oxygen atoms in total. The number of fused-ring (bicyclic) bond motifs is 12. The number of hydrogen-bond acceptors (Lipinski definition) is 0. The van der Waals surface area contributed by atoms with Gasteiger partial charge in [-0.05, 0) is 494 Å². The second-order valence-corrected chi connectivity index (χ2v) is 42.0. The second-order valence-electron chi connectivity index (χ2n) is 42.0. The lowest BCUT2D eigenvalue weighted by atomic mass is 9.87. The first-order valence-corrected chi connectivity index (χ1v) is 51.7. The summed E-state index contributed by atoms with van der Waals surface area (Å²) in [4.78, 5) is 0. The van der Waals surface area contributed by atoms with Crippen LogP contribution in [0, 0.1) is 96.9 Å². The zero-order valence-corrected chi connectivity index (χ0v) is 85.3. The third-order valence-electron chi connectivity index (χ3n) is 32.6. The van der Waals surface area contributed by atoms with Crippen LogP contribution in [0.25, 0.3) is 269 Å². The second kappa shape index (κ2) is 34.9. The van der Waals surface area contributed by atoms with E-state index >= 15 is 0 Å². The van der Waals surface area contributed by atoms with Gasteiger partial charge in [-0.1, -0.05) is 363 Å². The first kappa shape index (κ1) is 89.0. The minimum atomic E-state index is 1.31.